The molecule has 0 aromatic heterocycles. The van der Waals surface area contributed by atoms with Crippen molar-refractivity contribution in [1.29, 1.82) is 0 Å². The van der Waals surface area contributed by atoms with Crippen LogP contribution in [0.15, 0.2) is 48.5 Å². The summed E-state index contributed by atoms with van der Waals surface area (Å²) in [6.45, 7) is 0.641. The van der Waals surface area contributed by atoms with E-state index in [1.807, 2.05) is 35.2 Å². The van der Waals surface area contributed by atoms with Crippen molar-refractivity contribution in [2.75, 3.05) is 12.3 Å². The highest BCUT2D eigenvalue weighted by Gasteiger charge is 2.32. The van der Waals surface area contributed by atoms with Gasteiger partial charge in [-0.3, -0.25) is 4.79 Å². The van der Waals surface area contributed by atoms with E-state index in [0.29, 0.717) is 31.1 Å². The Morgan fingerprint density at radius 1 is 1.13 bits per heavy atom. The van der Waals surface area contributed by atoms with Crippen molar-refractivity contribution < 1.29 is 9.18 Å². The van der Waals surface area contributed by atoms with Crippen LogP contribution >= 0.6 is 0 Å². The lowest BCUT2D eigenvalue weighted by atomic mass is 10.1. The number of hydrogen-bond acceptors (Lipinski definition) is 2. The summed E-state index contributed by atoms with van der Waals surface area (Å²) in [5, 5.41) is 0. The highest BCUT2D eigenvalue weighted by atomic mass is 19.1. The highest BCUT2D eigenvalue weighted by Crippen LogP contribution is 2.27. The summed E-state index contributed by atoms with van der Waals surface area (Å²) >= 11 is 0. The van der Waals surface area contributed by atoms with Crippen LogP contribution in [-0.4, -0.2) is 23.4 Å². The largest absolute Gasteiger partial charge is 0.399 e. The second kappa shape index (κ2) is 6.82. The minimum Gasteiger partial charge on any atom is -0.399 e. The number of nitrogens with zero attached hydrogens (tertiary/aromatic N) is 1. The molecule has 1 aliphatic rings. The van der Waals surface area contributed by atoms with E-state index < -0.39 is 0 Å². The second-order valence-corrected chi connectivity index (χ2v) is 6.12. The van der Waals surface area contributed by atoms with E-state index in [4.69, 9.17) is 5.73 Å². The summed E-state index contributed by atoms with van der Waals surface area (Å²) in [6, 6.07) is 14.4. The number of halogens is 1. The molecule has 2 aromatic carbocycles. The molecule has 1 aliphatic carbocycles. The average molecular weight is 312 g/mol. The van der Waals surface area contributed by atoms with Gasteiger partial charge >= 0.3 is 0 Å². The molecule has 1 saturated carbocycles. The fourth-order valence-corrected chi connectivity index (χ4v) is 2.75. The van der Waals surface area contributed by atoms with Crippen molar-refractivity contribution in [2.45, 2.75) is 31.7 Å². The highest BCUT2D eigenvalue weighted by molar-refractivity contribution is 5.79. The molecule has 4 heteroatoms. The predicted molar refractivity (Wildman–Crippen MR) is 89.4 cm³/mol. The molecule has 120 valence electrons. The van der Waals surface area contributed by atoms with Crippen LogP contribution in [0.4, 0.5) is 10.1 Å². The lowest BCUT2D eigenvalue weighted by molar-refractivity contribution is -0.131. The second-order valence-electron chi connectivity index (χ2n) is 6.12. The third-order valence-corrected chi connectivity index (χ3v) is 4.17. The zero-order valence-electron chi connectivity index (χ0n) is 13.0. The Kier molecular flexibility index (Phi) is 4.60. The van der Waals surface area contributed by atoms with Gasteiger partial charge in [0.1, 0.15) is 5.82 Å². The van der Waals surface area contributed by atoms with E-state index in [1.165, 1.54) is 12.1 Å². The number of amides is 1. The van der Waals surface area contributed by atoms with Crippen LogP contribution in [0.2, 0.25) is 0 Å². The number of nitrogens with two attached hydrogens (primary N) is 1. The summed E-state index contributed by atoms with van der Waals surface area (Å²) in [6.07, 6.45) is 3.20. The third kappa shape index (κ3) is 4.31. The van der Waals surface area contributed by atoms with Gasteiger partial charge in [0.05, 0.1) is 6.42 Å². The Labute approximate surface area is 135 Å². The van der Waals surface area contributed by atoms with Gasteiger partial charge in [0.25, 0.3) is 0 Å². The SMILES string of the molecule is Nc1ccc(CC(=O)N(CCc2cccc(F)c2)C2CC2)cc1. The van der Waals surface area contributed by atoms with Gasteiger partial charge in [-0.1, -0.05) is 24.3 Å². The lowest BCUT2D eigenvalue weighted by Crippen LogP contribution is -2.36. The molecule has 2 N–H and O–H groups in total. The van der Waals surface area contributed by atoms with E-state index in [9.17, 15) is 9.18 Å². The maximum atomic E-state index is 13.3. The fourth-order valence-electron chi connectivity index (χ4n) is 2.75. The number of carbonyl (C=O) groups excluding carboxylic acids is 1. The Hall–Kier alpha value is -2.36. The first-order valence-corrected chi connectivity index (χ1v) is 8.00. The van der Waals surface area contributed by atoms with E-state index in [2.05, 4.69) is 0 Å². The number of benzene rings is 2. The topological polar surface area (TPSA) is 46.3 Å². The minimum absolute atomic E-state index is 0.133. The number of carbonyl (C=O) groups is 1. The summed E-state index contributed by atoms with van der Waals surface area (Å²) in [4.78, 5) is 14.5. The Morgan fingerprint density at radius 3 is 2.52 bits per heavy atom. The van der Waals surface area contributed by atoms with Crippen LogP contribution in [0.5, 0.6) is 0 Å². The van der Waals surface area contributed by atoms with Crippen molar-refractivity contribution in [3.05, 3.63) is 65.5 Å². The Balaban J connectivity index is 1.62. The van der Waals surface area contributed by atoms with Gasteiger partial charge in [0, 0.05) is 18.3 Å². The molecule has 0 spiro atoms. The molecular formula is C19H21FN2O. The summed E-state index contributed by atoms with van der Waals surface area (Å²) < 4.78 is 13.3. The van der Waals surface area contributed by atoms with Gasteiger partial charge in [-0.25, -0.2) is 4.39 Å². The molecule has 0 radical (unpaired) electrons. The van der Waals surface area contributed by atoms with Gasteiger partial charge in [-0.15, -0.1) is 0 Å². The first kappa shape index (κ1) is 15.5. The molecule has 2 aromatic rings. The maximum absolute atomic E-state index is 13.3. The Morgan fingerprint density at radius 2 is 1.87 bits per heavy atom. The van der Waals surface area contributed by atoms with Crippen molar-refractivity contribution in [1.82, 2.24) is 4.90 Å². The fraction of sp³-hybridized carbons (Fsp3) is 0.316. The standard InChI is InChI=1S/C19H21FN2O/c20-16-3-1-2-14(12-16)10-11-22(18-8-9-18)19(23)13-15-4-6-17(21)7-5-15/h1-7,12,18H,8-11,13,21H2. The number of hydrogen-bond donors (Lipinski definition) is 1. The molecule has 0 heterocycles. The number of rotatable bonds is 6. The van der Waals surface area contributed by atoms with Gasteiger partial charge in [0.2, 0.25) is 5.91 Å². The molecule has 0 aliphatic heterocycles. The third-order valence-electron chi connectivity index (χ3n) is 4.17. The molecule has 3 rings (SSSR count). The van der Waals surface area contributed by atoms with Crippen LogP contribution in [0.3, 0.4) is 0 Å². The molecule has 1 amide bonds. The summed E-state index contributed by atoms with van der Waals surface area (Å²) in [5.41, 5.74) is 8.27. The van der Waals surface area contributed by atoms with Gasteiger partial charge in [-0.05, 0) is 54.7 Å². The smallest absolute Gasteiger partial charge is 0.227 e. The zero-order chi connectivity index (χ0) is 16.2. The van der Waals surface area contributed by atoms with Gasteiger partial charge in [-0.2, -0.15) is 0 Å². The van der Waals surface area contributed by atoms with Gasteiger partial charge in [0.15, 0.2) is 0 Å². The molecule has 1 fully saturated rings. The van der Waals surface area contributed by atoms with Crippen LogP contribution in [0, 0.1) is 5.82 Å². The molecule has 0 atom stereocenters. The van der Waals surface area contributed by atoms with Crippen molar-refractivity contribution >= 4 is 11.6 Å². The number of anilines is 1. The van der Waals surface area contributed by atoms with Crippen LogP contribution < -0.4 is 5.73 Å². The summed E-state index contributed by atoms with van der Waals surface area (Å²) in [5.74, 6) is -0.0950. The van der Waals surface area contributed by atoms with Crippen molar-refractivity contribution in [3.63, 3.8) is 0 Å². The molecule has 0 unspecified atom stereocenters. The predicted octanol–water partition coefficient (Wildman–Crippen LogP) is 3.18. The summed E-state index contributed by atoms with van der Waals surface area (Å²) in [7, 11) is 0. The monoisotopic (exact) mass is 312 g/mol. The molecule has 23 heavy (non-hydrogen) atoms. The molecule has 3 nitrogen and oxygen atoms in total. The van der Waals surface area contributed by atoms with Gasteiger partial charge < -0.3 is 10.6 Å². The van der Waals surface area contributed by atoms with E-state index in [0.717, 1.165) is 24.0 Å². The number of nitrogen functional groups attached to an aromatic ring is 1. The normalized spacial score (nSPS) is 13.8. The lowest BCUT2D eigenvalue weighted by Gasteiger charge is -2.22. The van der Waals surface area contributed by atoms with E-state index in [1.54, 1.807) is 6.07 Å². The first-order chi connectivity index (χ1) is 11.1. The van der Waals surface area contributed by atoms with Crippen LogP contribution in [0.1, 0.15) is 24.0 Å². The van der Waals surface area contributed by atoms with Crippen molar-refractivity contribution in [2.24, 2.45) is 0 Å². The average Bonchev–Trinajstić information content (AvgIpc) is 3.35. The van der Waals surface area contributed by atoms with Crippen molar-refractivity contribution in [3.8, 4) is 0 Å². The van der Waals surface area contributed by atoms with Crippen LogP contribution in [0.25, 0.3) is 0 Å². The van der Waals surface area contributed by atoms with Crippen LogP contribution in [-0.2, 0) is 17.6 Å². The van der Waals surface area contributed by atoms with E-state index in [-0.39, 0.29) is 11.7 Å². The maximum Gasteiger partial charge on any atom is 0.227 e. The first-order valence-electron chi connectivity index (χ1n) is 8.00. The Bertz CT molecular complexity index is 680. The zero-order valence-corrected chi connectivity index (χ0v) is 13.0. The molecule has 0 saturated heterocycles. The van der Waals surface area contributed by atoms with E-state index >= 15 is 0 Å². The molecule has 0 bridgehead atoms. The quantitative estimate of drug-likeness (QED) is 0.833. The minimum atomic E-state index is -0.228. The molecular weight excluding hydrogens is 291 g/mol.